The molecule has 0 aliphatic carbocycles. The van der Waals surface area contributed by atoms with Crippen LogP contribution in [0.3, 0.4) is 0 Å². The first-order chi connectivity index (χ1) is 7.77. The summed E-state index contributed by atoms with van der Waals surface area (Å²) in [6.45, 7) is 3.67. The quantitative estimate of drug-likeness (QED) is 0.523. The van der Waals surface area contributed by atoms with Crippen LogP contribution in [-0.4, -0.2) is 44.2 Å². The Morgan fingerprint density at radius 2 is 2.25 bits per heavy atom. The van der Waals surface area contributed by atoms with Crippen LogP contribution in [0.15, 0.2) is 15.6 Å². The van der Waals surface area contributed by atoms with Crippen LogP contribution in [0.5, 0.6) is 0 Å². The lowest BCUT2D eigenvalue weighted by Gasteiger charge is -2.12. The molecule has 16 heavy (non-hydrogen) atoms. The number of carbonyl (C=O) groups excluding carboxylic acids is 1. The van der Waals surface area contributed by atoms with Crippen LogP contribution in [-0.2, 0) is 14.3 Å². The Bertz CT molecular complexity index is 343. The monoisotopic (exact) mass is 225 g/mol. The lowest BCUT2D eigenvalue weighted by atomic mass is 10.3. The molecule has 2 N–H and O–H groups in total. The van der Waals surface area contributed by atoms with Crippen molar-refractivity contribution in [2.45, 2.75) is 13.3 Å². The summed E-state index contributed by atoms with van der Waals surface area (Å²) in [4.78, 5) is 18.2. The predicted octanol–water partition coefficient (Wildman–Crippen LogP) is -0.0856. The molecule has 0 radical (unpaired) electrons. The van der Waals surface area contributed by atoms with E-state index in [0.717, 1.165) is 6.42 Å². The first kappa shape index (κ1) is 12.4. The molecule has 0 saturated carbocycles. The minimum atomic E-state index is 0.114. The number of aliphatic imine (C=N–C) groups is 2. The fraction of sp³-hybridized carbons (Fsp3) is 0.600. The van der Waals surface area contributed by atoms with Gasteiger partial charge in [0.2, 0.25) is 11.9 Å². The van der Waals surface area contributed by atoms with Gasteiger partial charge in [0.05, 0.1) is 13.2 Å². The van der Waals surface area contributed by atoms with Crippen molar-refractivity contribution in [3.05, 3.63) is 5.57 Å². The Morgan fingerprint density at radius 3 is 2.94 bits per heavy atom. The highest BCUT2D eigenvalue weighted by atomic mass is 16.5. The summed E-state index contributed by atoms with van der Waals surface area (Å²) in [5.74, 6) is 2.05. The fourth-order valence-corrected chi connectivity index (χ4v) is 1.07. The maximum Gasteiger partial charge on any atom is 0.233 e. The minimum absolute atomic E-state index is 0.114. The number of nitrogens with zero attached hydrogens (tertiary/aromatic N) is 2. The number of hydrogen-bond donors (Lipinski definition) is 1. The Hall–Kier alpha value is -1.65. The molecule has 0 spiro atoms. The van der Waals surface area contributed by atoms with Crippen molar-refractivity contribution in [2.24, 2.45) is 15.7 Å². The zero-order valence-corrected chi connectivity index (χ0v) is 9.23. The molecule has 1 aliphatic rings. The molecule has 0 aromatic heterocycles. The number of hydrogen-bond acceptors (Lipinski definition) is 6. The van der Waals surface area contributed by atoms with Crippen LogP contribution in [0.25, 0.3) is 0 Å². The highest BCUT2D eigenvalue weighted by Crippen LogP contribution is 2.03. The van der Waals surface area contributed by atoms with Crippen LogP contribution in [0.2, 0.25) is 0 Å². The van der Waals surface area contributed by atoms with Gasteiger partial charge in [-0.3, -0.25) is 0 Å². The van der Waals surface area contributed by atoms with E-state index in [1.165, 1.54) is 0 Å². The molecule has 0 aromatic carbocycles. The van der Waals surface area contributed by atoms with Crippen molar-refractivity contribution in [3.63, 3.8) is 0 Å². The molecule has 0 saturated heterocycles. The van der Waals surface area contributed by atoms with Crippen LogP contribution in [0, 0.1) is 0 Å². The van der Waals surface area contributed by atoms with E-state index < -0.39 is 0 Å². The van der Waals surface area contributed by atoms with Gasteiger partial charge in [0.15, 0.2) is 0 Å². The van der Waals surface area contributed by atoms with Gasteiger partial charge in [-0.2, -0.15) is 4.99 Å². The molecule has 88 valence electrons. The molecule has 0 fully saturated rings. The number of rotatable bonds is 5. The van der Waals surface area contributed by atoms with Gasteiger partial charge in [0.1, 0.15) is 18.1 Å². The van der Waals surface area contributed by atoms with Crippen LogP contribution in [0.4, 0.5) is 0 Å². The standard InChI is InChI=1S/C10H15N3O3/c1-2-3-15-4-5-16-9-8(7-14)6-12-10(11)13-9/h2-6H2,1H3,(H2,11,12). The first-order valence-electron chi connectivity index (χ1n) is 5.11. The van der Waals surface area contributed by atoms with Crippen LogP contribution < -0.4 is 5.73 Å². The summed E-state index contributed by atoms with van der Waals surface area (Å²) in [6, 6.07) is 0. The molecule has 0 unspecified atom stereocenters. The van der Waals surface area contributed by atoms with Crippen molar-refractivity contribution < 1.29 is 14.3 Å². The Labute approximate surface area is 93.8 Å². The van der Waals surface area contributed by atoms with Crippen molar-refractivity contribution in [1.29, 1.82) is 0 Å². The summed E-state index contributed by atoms with van der Waals surface area (Å²) < 4.78 is 10.5. The van der Waals surface area contributed by atoms with Crippen molar-refractivity contribution in [3.8, 4) is 0 Å². The highest BCUT2D eigenvalue weighted by molar-refractivity contribution is 6.08. The molecule has 1 rings (SSSR count). The van der Waals surface area contributed by atoms with Gasteiger partial charge in [0.25, 0.3) is 0 Å². The predicted molar refractivity (Wildman–Crippen MR) is 60.2 cm³/mol. The Morgan fingerprint density at radius 1 is 1.44 bits per heavy atom. The third-order valence-electron chi connectivity index (χ3n) is 1.81. The third-order valence-corrected chi connectivity index (χ3v) is 1.81. The molecule has 6 nitrogen and oxygen atoms in total. The van der Waals surface area contributed by atoms with E-state index >= 15 is 0 Å². The smallest absolute Gasteiger partial charge is 0.233 e. The second-order valence-corrected chi connectivity index (χ2v) is 3.13. The summed E-state index contributed by atoms with van der Waals surface area (Å²) in [5, 5.41) is 0. The number of nitrogens with two attached hydrogens (primary N) is 1. The third kappa shape index (κ3) is 3.84. The molecule has 0 bridgehead atoms. The van der Waals surface area contributed by atoms with Gasteiger partial charge < -0.3 is 15.2 Å². The lowest BCUT2D eigenvalue weighted by Crippen LogP contribution is -2.24. The average Bonchev–Trinajstić information content (AvgIpc) is 2.29. The van der Waals surface area contributed by atoms with E-state index in [0.29, 0.717) is 19.8 Å². The highest BCUT2D eigenvalue weighted by Gasteiger charge is 2.15. The molecular formula is C10H15N3O3. The Kier molecular flexibility index (Phi) is 5.25. The SMILES string of the molecule is CCCOCCOC1=NC(N)=NCC1=C=O. The van der Waals surface area contributed by atoms with Gasteiger partial charge in [-0.05, 0) is 6.42 Å². The van der Waals surface area contributed by atoms with Gasteiger partial charge in [-0.15, -0.1) is 0 Å². The van der Waals surface area contributed by atoms with Crippen molar-refractivity contribution in [2.75, 3.05) is 26.4 Å². The first-order valence-corrected chi connectivity index (χ1v) is 5.11. The topological polar surface area (TPSA) is 86.3 Å². The van der Waals surface area contributed by atoms with E-state index in [1.807, 2.05) is 6.92 Å². The maximum absolute atomic E-state index is 10.5. The van der Waals surface area contributed by atoms with Gasteiger partial charge in [-0.25, -0.2) is 9.79 Å². The summed E-state index contributed by atoms with van der Waals surface area (Å²) >= 11 is 0. The number of guanidine groups is 1. The second kappa shape index (κ2) is 6.76. The van der Waals surface area contributed by atoms with Gasteiger partial charge in [0, 0.05) is 6.61 Å². The fourth-order valence-electron chi connectivity index (χ4n) is 1.07. The normalized spacial score (nSPS) is 15.2. The Balaban J connectivity index is 2.39. The molecule has 0 aromatic rings. The summed E-state index contributed by atoms with van der Waals surface area (Å²) in [6.07, 6.45) is 0.958. The van der Waals surface area contributed by atoms with Crippen molar-refractivity contribution >= 4 is 17.8 Å². The largest absolute Gasteiger partial charge is 0.474 e. The van der Waals surface area contributed by atoms with Gasteiger partial charge in [-0.1, -0.05) is 6.92 Å². The maximum atomic E-state index is 10.5. The number of ether oxygens (including phenoxy) is 2. The van der Waals surface area contributed by atoms with E-state index in [4.69, 9.17) is 15.2 Å². The second-order valence-electron chi connectivity index (χ2n) is 3.13. The average molecular weight is 225 g/mol. The molecule has 0 amide bonds. The molecule has 6 heteroatoms. The van der Waals surface area contributed by atoms with Crippen LogP contribution >= 0.6 is 0 Å². The molecule has 1 heterocycles. The molecule has 1 aliphatic heterocycles. The van der Waals surface area contributed by atoms with Gasteiger partial charge >= 0.3 is 0 Å². The van der Waals surface area contributed by atoms with E-state index in [2.05, 4.69) is 9.98 Å². The van der Waals surface area contributed by atoms with Crippen molar-refractivity contribution in [1.82, 2.24) is 0 Å². The van der Waals surface area contributed by atoms with E-state index in [1.54, 1.807) is 5.94 Å². The summed E-state index contributed by atoms with van der Waals surface area (Å²) in [5.41, 5.74) is 5.68. The zero-order valence-electron chi connectivity index (χ0n) is 9.23. The lowest BCUT2D eigenvalue weighted by molar-refractivity contribution is 0.0971. The van der Waals surface area contributed by atoms with Crippen LogP contribution in [0.1, 0.15) is 13.3 Å². The summed E-state index contributed by atoms with van der Waals surface area (Å²) in [7, 11) is 0. The zero-order chi connectivity index (χ0) is 11.8. The minimum Gasteiger partial charge on any atom is -0.474 e. The van der Waals surface area contributed by atoms with E-state index in [-0.39, 0.29) is 24.0 Å². The molecule has 0 atom stereocenters. The van der Waals surface area contributed by atoms with E-state index in [9.17, 15) is 4.79 Å². The molecular weight excluding hydrogens is 210 g/mol.